The lowest BCUT2D eigenvalue weighted by Crippen LogP contribution is -2.40. The Morgan fingerprint density at radius 3 is 2.72 bits per heavy atom. The predicted molar refractivity (Wildman–Crippen MR) is 95.6 cm³/mol. The molecule has 0 spiro atoms. The zero-order valence-corrected chi connectivity index (χ0v) is 15.3. The van der Waals surface area contributed by atoms with Gasteiger partial charge in [-0.25, -0.2) is 9.37 Å². The van der Waals surface area contributed by atoms with Crippen molar-refractivity contribution in [2.45, 2.75) is 26.7 Å². The SMILES string of the molecule is CN(C)CC(C)(C)CNC(=O)CCc1ncc(-c2ccccc2F)o1. The van der Waals surface area contributed by atoms with Crippen molar-refractivity contribution in [3.8, 4) is 11.3 Å². The molecule has 25 heavy (non-hydrogen) atoms. The normalized spacial score (nSPS) is 11.8. The third kappa shape index (κ3) is 5.98. The van der Waals surface area contributed by atoms with Crippen LogP contribution in [-0.2, 0) is 11.2 Å². The Labute approximate surface area is 148 Å². The number of hydrogen-bond acceptors (Lipinski definition) is 4. The van der Waals surface area contributed by atoms with Crippen LogP contribution < -0.4 is 5.32 Å². The summed E-state index contributed by atoms with van der Waals surface area (Å²) < 4.78 is 19.3. The average molecular weight is 347 g/mol. The molecule has 5 nitrogen and oxygen atoms in total. The molecular formula is C19H26FN3O2. The lowest BCUT2D eigenvalue weighted by Gasteiger charge is -2.28. The predicted octanol–water partition coefficient (Wildman–Crippen LogP) is 3.12. The van der Waals surface area contributed by atoms with E-state index in [2.05, 4.69) is 29.0 Å². The van der Waals surface area contributed by atoms with E-state index in [1.54, 1.807) is 18.2 Å². The van der Waals surface area contributed by atoms with Crippen LogP contribution in [0.5, 0.6) is 0 Å². The summed E-state index contributed by atoms with van der Waals surface area (Å²) in [4.78, 5) is 18.3. The number of rotatable bonds is 8. The Kier molecular flexibility index (Phi) is 6.31. The third-order valence-electron chi connectivity index (χ3n) is 3.77. The van der Waals surface area contributed by atoms with E-state index in [0.29, 0.717) is 30.2 Å². The molecule has 1 aromatic carbocycles. The highest BCUT2D eigenvalue weighted by Gasteiger charge is 2.20. The molecule has 0 aliphatic carbocycles. The molecular weight excluding hydrogens is 321 g/mol. The van der Waals surface area contributed by atoms with Gasteiger partial charge in [0.25, 0.3) is 0 Å². The number of aryl methyl sites for hydroxylation is 1. The van der Waals surface area contributed by atoms with E-state index in [-0.39, 0.29) is 23.6 Å². The van der Waals surface area contributed by atoms with Gasteiger partial charge in [0, 0.05) is 25.9 Å². The Balaban J connectivity index is 1.84. The van der Waals surface area contributed by atoms with E-state index in [1.165, 1.54) is 12.3 Å². The highest BCUT2D eigenvalue weighted by atomic mass is 19.1. The molecule has 1 amide bonds. The first kappa shape index (κ1) is 19.1. The molecule has 0 radical (unpaired) electrons. The van der Waals surface area contributed by atoms with Gasteiger partial charge in [-0.1, -0.05) is 26.0 Å². The Bertz CT molecular complexity index is 710. The van der Waals surface area contributed by atoms with Crippen molar-refractivity contribution in [1.29, 1.82) is 0 Å². The van der Waals surface area contributed by atoms with Gasteiger partial charge in [0.1, 0.15) is 5.82 Å². The lowest BCUT2D eigenvalue weighted by molar-refractivity contribution is -0.121. The second-order valence-electron chi connectivity index (χ2n) is 7.28. The summed E-state index contributed by atoms with van der Waals surface area (Å²) in [5, 5.41) is 2.95. The first-order valence-corrected chi connectivity index (χ1v) is 8.38. The highest BCUT2D eigenvalue weighted by molar-refractivity contribution is 5.76. The smallest absolute Gasteiger partial charge is 0.220 e. The van der Waals surface area contributed by atoms with Gasteiger partial charge in [-0.2, -0.15) is 0 Å². The van der Waals surface area contributed by atoms with Crippen molar-refractivity contribution in [2.24, 2.45) is 5.41 Å². The van der Waals surface area contributed by atoms with Gasteiger partial charge >= 0.3 is 0 Å². The number of amides is 1. The maximum absolute atomic E-state index is 13.7. The van der Waals surface area contributed by atoms with Gasteiger partial charge in [-0.05, 0) is 31.6 Å². The Morgan fingerprint density at radius 1 is 1.32 bits per heavy atom. The molecule has 1 heterocycles. The molecule has 0 aliphatic rings. The van der Waals surface area contributed by atoms with E-state index in [0.717, 1.165) is 6.54 Å². The number of oxazole rings is 1. The molecule has 1 N–H and O–H groups in total. The van der Waals surface area contributed by atoms with Crippen molar-refractivity contribution in [2.75, 3.05) is 27.2 Å². The second kappa shape index (κ2) is 8.25. The highest BCUT2D eigenvalue weighted by Crippen LogP contribution is 2.23. The standard InChI is InChI=1S/C19H26FN3O2/c1-19(2,13-23(3)4)12-22-17(24)9-10-18-21-11-16(25-18)14-7-5-6-8-15(14)20/h5-8,11H,9-10,12-13H2,1-4H3,(H,22,24). The monoisotopic (exact) mass is 347 g/mol. The van der Waals surface area contributed by atoms with Crippen LogP contribution in [0.1, 0.15) is 26.2 Å². The average Bonchev–Trinajstić information content (AvgIpc) is 2.99. The molecule has 1 aromatic heterocycles. The van der Waals surface area contributed by atoms with Crippen LogP contribution in [0.2, 0.25) is 0 Å². The lowest BCUT2D eigenvalue weighted by atomic mass is 9.93. The van der Waals surface area contributed by atoms with Gasteiger partial charge in [0.15, 0.2) is 11.7 Å². The van der Waals surface area contributed by atoms with Crippen LogP contribution in [0.3, 0.4) is 0 Å². The van der Waals surface area contributed by atoms with Crippen LogP contribution in [0.4, 0.5) is 4.39 Å². The van der Waals surface area contributed by atoms with Gasteiger partial charge in [0.05, 0.1) is 11.8 Å². The van der Waals surface area contributed by atoms with Crippen LogP contribution in [0.25, 0.3) is 11.3 Å². The number of aromatic nitrogens is 1. The van der Waals surface area contributed by atoms with Crippen molar-refractivity contribution in [3.63, 3.8) is 0 Å². The van der Waals surface area contributed by atoms with E-state index >= 15 is 0 Å². The van der Waals surface area contributed by atoms with Crippen LogP contribution in [0, 0.1) is 11.2 Å². The molecule has 0 bridgehead atoms. The minimum atomic E-state index is -0.355. The molecule has 2 aromatic rings. The van der Waals surface area contributed by atoms with Crippen molar-refractivity contribution in [3.05, 3.63) is 42.2 Å². The largest absolute Gasteiger partial charge is 0.441 e. The summed E-state index contributed by atoms with van der Waals surface area (Å²) >= 11 is 0. The third-order valence-corrected chi connectivity index (χ3v) is 3.77. The van der Waals surface area contributed by atoms with Gasteiger partial charge < -0.3 is 14.6 Å². The summed E-state index contributed by atoms with van der Waals surface area (Å²) in [6, 6.07) is 6.38. The molecule has 0 unspecified atom stereocenters. The number of nitrogens with one attached hydrogen (secondary N) is 1. The molecule has 0 aliphatic heterocycles. The van der Waals surface area contributed by atoms with Crippen molar-refractivity contribution < 1.29 is 13.6 Å². The van der Waals surface area contributed by atoms with Crippen LogP contribution in [-0.4, -0.2) is 43.0 Å². The van der Waals surface area contributed by atoms with Crippen molar-refractivity contribution >= 4 is 5.91 Å². The van der Waals surface area contributed by atoms with Gasteiger partial charge in [0.2, 0.25) is 5.91 Å². The van der Waals surface area contributed by atoms with Crippen LogP contribution in [0.15, 0.2) is 34.9 Å². The topological polar surface area (TPSA) is 58.4 Å². The number of nitrogens with zero attached hydrogens (tertiary/aromatic N) is 2. The fourth-order valence-electron chi connectivity index (χ4n) is 2.77. The van der Waals surface area contributed by atoms with Gasteiger partial charge in [-0.3, -0.25) is 4.79 Å². The first-order valence-electron chi connectivity index (χ1n) is 8.38. The maximum atomic E-state index is 13.7. The van der Waals surface area contributed by atoms with E-state index in [9.17, 15) is 9.18 Å². The number of hydrogen-bond donors (Lipinski definition) is 1. The fraction of sp³-hybridized carbons (Fsp3) is 0.474. The summed E-state index contributed by atoms with van der Waals surface area (Å²) in [6.45, 7) is 5.72. The van der Waals surface area contributed by atoms with E-state index in [1.807, 2.05) is 14.1 Å². The summed E-state index contributed by atoms with van der Waals surface area (Å²) in [5.41, 5.74) is 0.372. The Hall–Kier alpha value is -2.21. The zero-order chi connectivity index (χ0) is 18.4. The Morgan fingerprint density at radius 2 is 2.04 bits per heavy atom. The fourth-order valence-corrected chi connectivity index (χ4v) is 2.77. The number of carbonyl (C=O) groups is 1. The van der Waals surface area contributed by atoms with Gasteiger partial charge in [-0.15, -0.1) is 0 Å². The number of halogens is 1. The first-order chi connectivity index (χ1) is 11.8. The van der Waals surface area contributed by atoms with Crippen molar-refractivity contribution in [1.82, 2.24) is 15.2 Å². The van der Waals surface area contributed by atoms with E-state index < -0.39 is 0 Å². The maximum Gasteiger partial charge on any atom is 0.220 e. The number of carbonyl (C=O) groups excluding carboxylic acids is 1. The zero-order valence-electron chi connectivity index (χ0n) is 15.3. The molecule has 0 saturated heterocycles. The molecule has 0 saturated carbocycles. The summed E-state index contributed by atoms with van der Waals surface area (Å²) in [6.07, 6.45) is 2.16. The molecule has 2 rings (SSSR count). The molecule has 0 atom stereocenters. The molecule has 0 fully saturated rings. The number of benzene rings is 1. The second-order valence-corrected chi connectivity index (χ2v) is 7.28. The minimum Gasteiger partial charge on any atom is -0.441 e. The minimum absolute atomic E-state index is 0.0000969. The quantitative estimate of drug-likeness (QED) is 0.797. The molecule has 136 valence electrons. The van der Waals surface area contributed by atoms with Crippen LogP contribution >= 0.6 is 0 Å². The summed E-state index contributed by atoms with van der Waals surface area (Å²) in [7, 11) is 4.03. The molecule has 6 heteroatoms. The van der Waals surface area contributed by atoms with E-state index in [4.69, 9.17) is 4.42 Å². The summed E-state index contributed by atoms with van der Waals surface area (Å²) in [5.74, 6) is 0.408.